The van der Waals surface area contributed by atoms with Crippen molar-refractivity contribution >= 4 is 11.9 Å². The summed E-state index contributed by atoms with van der Waals surface area (Å²) >= 11 is 0. The number of cyclic esters (lactones) is 2. The summed E-state index contributed by atoms with van der Waals surface area (Å²) in [5.41, 5.74) is 1.60. The maximum Gasteiger partial charge on any atom is 0.314 e. The average Bonchev–Trinajstić information content (AvgIpc) is 2.27. The third-order valence-corrected chi connectivity index (χ3v) is 2.61. The Bertz CT molecular complexity index is 466. The summed E-state index contributed by atoms with van der Waals surface area (Å²) in [6, 6.07) is 7.34. The van der Waals surface area contributed by atoms with Crippen LogP contribution in [0.5, 0.6) is 0 Å². The van der Waals surface area contributed by atoms with Crippen LogP contribution >= 0.6 is 0 Å². The summed E-state index contributed by atoms with van der Waals surface area (Å²) in [5, 5.41) is 0. The van der Waals surface area contributed by atoms with E-state index in [9.17, 15) is 9.59 Å². The van der Waals surface area contributed by atoms with E-state index in [1.807, 2.05) is 18.2 Å². The van der Waals surface area contributed by atoms with Crippen LogP contribution in [0.25, 0.3) is 0 Å². The lowest BCUT2D eigenvalue weighted by atomic mass is 9.88. The van der Waals surface area contributed by atoms with Crippen molar-refractivity contribution < 1.29 is 14.3 Å². The summed E-state index contributed by atoms with van der Waals surface area (Å²) < 4.78 is 4.48. The molecule has 0 aliphatic carbocycles. The fourth-order valence-electron chi connectivity index (χ4n) is 1.89. The van der Waals surface area contributed by atoms with Crippen LogP contribution in [-0.2, 0) is 14.3 Å². The van der Waals surface area contributed by atoms with Crippen molar-refractivity contribution in [2.75, 3.05) is 0 Å². The van der Waals surface area contributed by atoms with E-state index in [2.05, 4.69) is 10.7 Å². The van der Waals surface area contributed by atoms with Crippen molar-refractivity contribution in [3.05, 3.63) is 35.4 Å². The normalized spacial score (nSPS) is 16.7. The Morgan fingerprint density at radius 1 is 1.19 bits per heavy atom. The molecule has 0 unspecified atom stereocenters. The summed E-state index contributed by atoms with van der Waals surface area (Å²) in [6.45, 7) is 0. The highest BCUT2D eigenvalue weighted by molar-refractivity contribution is 5.89. The first-order valence-corrected chi connectivity index (χ1v) is 4.99. The fraction of sp³-hybridized carbons (Fsp3) is 0.231. The van der Waals surface area contributed by atoms with Crippen molar-refractivity contribution in [2.45, 2.75) is 18.8 Å². The third kappa shape index (κ3) is 1.96. The highest BCUT2D eigenvalue weighted by atomic mass is 16.6. The predicted octanol–water partition coefficient (Wildman–Crippen LogP) is 1.62. The van der Waals surface area contributed by atoms with Crippen LogP contribution in [-0.4, -0.2) is 11.9 Å². The summed E-state index contributed by atoms with van der Waals surface area (Å²) in [5.74, 6) is 1.45. The number of esters is 2. The van der Waals surface area contributed by atoms with Crippen LogP contribution in [0.3, 0.4) is 0 Å². The van der Waals surface area contributed by atoms with Crippen LogP contribution in [0.2, 0.25) is 0 Å². The van der Waals surface area contributed by atoms with Crippen LogP contribution in [0.4, 0.5) is 0 Å². The SMILES string of the molecule is C#Cc1ccccc1C1CC(=O)OC(=O)C1. The van der Waals surface area contributed by atoms with Gasteiger partial charge < -0.3 is 4.74 Å². The standard InChI is InChI=1S/C13H10O3/c1-2-9-5-3-4-6-11(9)10-7-12(14)16-13(15)8-10/h1,3-6,10H,7-8H2. The minimum atomic E-state index is -0.479. The number of benzene rings is 1. The zero-order valence-electron chi connectivity index (χ0n) is 8.60. The second-order valence-corrected chi connectivity index (χ2v) is 3.68. The van der Waals surface area contributed by atoms with E-state index in [0.29, 0.717) is 0 Å². The molecule has 16 heavy (non-hydrogen) atoms. The van der Waals surface area contributed by atoms with Gasteiger partial charge in [0.25, 0.3) is 0 Å². The van der Waals surface area contributed by atoms with Crippen molar-refractivity contribution in [1.82, 2.24) is 0 Å². The van der Waals surface area contributed by atoms with E-state index in [0.717, 1.165) is 11.1 Å². The molecule has 0 spiro atoms. The quantitative estimate of drug-likeness (QED) is 0.405. The van der Waals surface area contributed by atoms with E-state index >= 15 is 0 Å². The Kier molecular flexibility index (Phi) is 2.74. The molecule has 3 heteroatoms. The summed E-state index contributed by atoms with van der Waals surface area (Å²) in [6.07, 6.45) is 5.80. The Morgan fingerprint density at radius 2 is 1.81 bits per heavy atom. The van der Waals surface area contributed by atoms with Crippen molar-refractivity contribution in [3.63, 3.8) is 0 Å². The van der Waals surface area contributed by atoms with Crippen LogP contribution < -0.4 is 0 Å². The van der Waals surface area contributed by atoms with Crippen molar-refractivity contribution in [2.24, 2.45) is 0 Å². The molecule has 0 radical (unpaired) electrons. The molecule has 0 atom stereocenters. The smallest absolute Gasteiger partial charge is 0.314 e. The topological polar surface area (TPSA) is 43.4 Å². The van der Waals surface area contributed by atoms with Crippen molar-refractivity contribution in [1.29, 1.82) is 0 Å². The molecule has 1 aliphatic rings. The molecule has 0 amide bonds. The molecular formula is C13H10O3. The molecule has 0 bridgehead atoms. The number of hydrogen-bond donors (Lipinski definition) is 0. The zero-order chi connectivity index (χ0) is 11.5. The Hall–Kier alpha value is -2.08. The van der Waals surface area contributed by atoms with E-state index in [-0.39, 0.29) is 18.8 Å². The van der Waals surface area contributed by atoms with Crippen LogP contribution in [0.1, 0.15) is 29.9 Å². The minimum absolute atomic E-state index is 0.152. The second kappa shape index (κ2) is 4.19. The number of ether oxygens (including phenoxy) is 1. The number of carbonyl (C=O) groups excluding carboxylic acids is 2. The first kappa shape index (κ1) is 10.4. The first-order valence-electron chi connectivity index (χ1n) is 4.99. The van der Waals surface area contributed by atoms with Gasteiger partial charge in [-0.3, -0.25) is 9.59 Å². The maximum absolute atomic E-state index is 11.2. The number of rotatable bonds is 1. The molecule has 1 heterocycles. The van der Waals surface area contributed by atoms with Gasteiger partial charge in [0.05, 0.1) is 12.8 Å². The van der Waals surface area contributed by atoms with E-state index in [4.69, 9.17) is 6.42 Å². The monoisotopic (exact) mass is 214 g/mol. The molecular weight excluding hydrogens is 204 g/mol. The molecule has 1 aliphatic heterocycles. The Balaban J connectivity index is 2.33. The molecule has 1 aromatic carbocycles. The van der Waals surface area contributed by atoms with Gasteiger partial charge in [-0.25, -0.2) is 0 Å². The van der Waals surface area contributed by atoms with Gasteiger partial charge in [-0.15, -0.1) is 6.42 Å². The Labute approximate surface area is 93.4 Å². The molecule has 2 rings (SSSR count). The molecule has 1 aromatic rings. The largest absolute Gasteiger partial charge is 0.393 e. The highest BCUT2D eigenvalue weighted by Gasteiger charge is 2.29. The number of carbonyl (C=O) groups is 2. The average molecular weight is 214 g/mol. The minimum Gasteiger partial charge on any atom is -0.393 e. The van der Waals surface area contributed by atoms with Gasteiger partial charge in [0.2, 0.25) is 0 Å². The van der Waals surface area contributed by atoms with Gasteiger partial charge in [0.15, 0.2) is 0 Å². The Morgan fingerprint density at radius 3 is 2.44 bits per heavy atom. The van der Waals surface area contributed by atoms with E-state index in [1.54, 1.807) is 6.07 Å². The number of terminal acetylenes is 1. The molecule has 0 aromatic heterocycles. The van der Waals surface area contributed by atoms with E-state index < -0.39 is 11.9 Å². The molecule has 1 saturated heterocycles. The maximum atomic E-state index is 11.2. The van der Waals surface area contributed by atoms with Crippen LogP contribution in [0.15, 0.2) is 24.3 Å². The molecule has 3 nitrogen and oxygen atoms in total. The van der Waals surface area contributed by atoms with Crippen molar-refractivity contribution in [3.8, 4) is 12.3 Å². The molecule has 80 valence electrons. The zero-order valence-corrected chi connectivity index (χ0v) is 8.60. The first-order chi connectivity index (χ1) is 7.70. The van der Waals surface area contributed by atoms with E-state index in [1.165, 1.54) is 0 Å². The van der Waals surface area contributed by atoms with Gasteiger partial charge in [-0.1, -0.05) is 24.1 Å². The van der Waals surface area contributed by atoms with Gasteiger partial charge in [-0.05, 0) is 11.6 Å². The number of hydrogen-bond acceptors (Lipinski definition) is 3. The van der Waals surface area contributed by atoms with Gasteiger partial charge in [0.1, 0.15) is 0 Å². The fourth-order valence-corrected chi connectivity index (χ4v) is 1.89. The molecule has 0 N–H and O–H groups in total. The lowest BCUT2D eigenvalue weighted by molar-refractivity contribution is -0.163. The van der Waals surface area contributed by atoms with Gasteiger partial charge >= 0.3 is 11.9 Å². The third-order valence-electron chi connectivity index (χ3n) is 2.61. The summed E-state index contributed by atoms with van der Waals surface area (Å²) in [7, 11) is 0. The molecule has 0 saturated carbocycles. The van der Waals surface area contributed by atoms with Crippen LogP contribution in [0, 0.1) is 12.3 Å². The molecule has 1 fully saturated rings. The second-order valence-electron chi connectivity index (χ2n) is 3.68. The summed E-state index contributed by atoms with van der Waals surface area (Å²) in [4.78, 5) is 22.3. The highest BCUT2D eigenvalue weighted by Crippen LogP contribution is 2.30. The predicted molar refractivity (Wildman–Crippen MR) is 57.5 cm³/mol. The van der Waals surface area contributed by atoms with Gasteiger partial charge in [0, 0.05) is 11.5 Å². The van der Waals surface area contributed by atoms with Gasteiger partial charge in [-0.2, -0.15) is 0 Å². The lowest BCUT2D eigenvalue weighted by Crippen LogP contribution is -2.24. The lowest BCUT2D eigenvalue weighted by Gasteiger charge is -2.21.